The molecule has 1 aliphatic rings. The number of hydrogen-bond acceptors (Lipinski definition) is 4. The van der Waals surface area contributed by atoms with Crippen molar-refractivity contribution in [1.29, 1.82) is 0 Å². The van der Waals surface area contributed by atoms with Gasteiger partial charge in [0.25, 0.3) is 0 Å². The Kier molecular flexibility index (Phi) is 4.82. The molecule has 0 saturated heterocycles. The van der Waals surface area contributed by atoms with Crippen LogP contribution < -0.4 is 11.1 Å². The lowest BCUT2D eigenvalue weighted by atomic mass is 10.2. The van der Waals surface area contributed by atoms with Crippen molar-refractivity contribution in [3.63, 3.8) is 0 Å². The van der Waals surface area contributed by atoms with Crippen molar-refractivity contribution in [3.8, 4) is 0 Å². The molecule has 3 N–H and O–H groups in total. The summed E-state index contributed by atoms with van der Waals surface area (Å²) in [5.74, 6) is -1.09. The van der Waals surface area contributed by atoms with Gasteiger partial charge in [-0.3, -0.25) is 4.79 Å². The first kappa shape index (κ1) is 15.8. The molecule has 116 valence electrons. The fraction of sp³-hybridized carbons (Fsp3) is 0.500. The van der Waals surface area contributed by atoms with E-state index in [0.717, 1.165) is 18.9 Å². The van der Waals surface area contributed by atoms with Crippen LogP contribution in [0.2, 0.25) is 0 Å². The Hall–Kier alpha value is -1.63. The molecule has 1 aliphatic carbocycles. The fourth-order valence-corrected chi connectivity index (χ4v) is 4.36. The molecule has 1 fully saturated rings. The van der Waals surface area contributed by atoms with Gasteiger partial charge in [-0.2, -0.15) is 0 Å². The van der Waals surface area contributed by atoms with Gasteiger partial charge in [-0.15, -0.1) is 0 Å². The highest BCUT2D eigenvalue weighted by Gasteiger charge is 2.28. The molecule has 0 spiro atoms. The highest BCUT2D eigenvalue weighted by molar-refractivity contribution is 7.92. The zero-order valence-electron chi connectivity index (χ0n) is 11.6. The van der Waals surface area contributed by atoms with E-state index in [1.807, 2.05) is 0 Å². The number of rotatable bonds is 5. The quantitative estimate of drug-likeness (QED) is 0.814. The number of anilines is 2. The maximum Gasteiger partial charge on any atom is 0.225 e. The summed E-state index contributed by atoms with van der Waals surface area (Å²) in [6.07, 6.45) is 3.13. The molecular formula is C14H19FN2O3S. The number of nitrogens with one attached hydrogen (secondary N) is 1. The van der Waals surface area contributed by atoms with Crippen molar-refractivity contribution in [2.75, 3.05) is 16.8 Å². The molecule has 0 atom stereocenters. The van der Waals surface area contributed by atoms with Gasteiger partial charge in [0.2, 0.25) is 5.91 Å². The van der Waals surface area contributed by atoms with Crippen LogP contribution in [0.25, 0.3) is 0 Å². The van der Waals surface area contributed by atoms with Gasteiger partial charge in [0.15, 0.2) is 9.84 Å². The largest absolute Gasteiger partial charge is 0.397 e. The molecule has 5 nitrogen and oxygen atoms in total. The number of carbonyl (C=O) groups is 1. The van der Waals surface area contributed by atoms with Crippen molar-refractivity contribution < 1.29 is 17.6 Å². The minimum absolute atomic E-state index is 0.113. The number of nitrogens with two attached hydrogens (primary N) is 1. The van der Waals surface area contributed by atoms with Gasteiger partial charge in [0.05, 0.1) is 22.4 Å². The lowest BCUT2D eigenvalue weighted by Gasteiger charge is -2.11. The molecular weight excluding hydrogens is 295 g/mol. The minimum Gasteiger partial charge on any atom is -0.397 e. The van der Waals surface area contributed by atoms with E-state index in [-0.39, 0.29) is 23.1 Å². The standard InChI is InChI=1S/C14H19FN2O3S/c15-10-5-6-13(12(16)9-10)17-14(18)7-8-21(19,20)11-3-1-2-4-11/h5-6,9,11H,1-4,7-8,16H2,(H,17,18). The number of sulfone groups is 1. The molecule has 1 aromatic rings. The first-order chi connectivity index (χ1) is 9.88. The molecule has 7 heteroatoms. The number of carbonyl (C=O) groups excluding carboxylic acids is 1. The summed E-state index contributed by atoms with van der Waals surface area (Å²) in [6, 6.07) is 3.64. The lowest BCUT2D eigenvalue weighted by molar-refractivity contribution is -0.115. The molecule has 1 saturated carbocycles. The predicted molar refractivity (Wildman–Crippen MR) is 80.1 cm³/mol. The van der Waals surface area contributed by atoms with Crippen LogP contribution >= 0.6 is 0 Å². The topological polar surface area (TPSA) is 89.3 Å². The molecule has 1 aromatic carbocycles. The van der Waals surface area contributed by atoms with E-state index in [9.17, 15) is 17.6 Å². The Morgan fingerprint density at radius 3 is 2.62 bits per heavy atom. The molecule has 0 radical (unpaired) electrons. The van der Waals surface area contributed by atoms with Crippen LogP contribution in [0.3, 0.4) is 0 Å². The number of amides is 1. The van der Waals surface area contributed by atoms with E-state index in [1.54, 1.807) is 0 Å². The Morgan fingerprint density at radius 1 is 1.33 bits per heavy atom. The van der Waals surface area contributed by atoms with Gasteiger partial charge in [-0.25, -0.2) is 12.8 Å². The second-order valence-corrected chi connectivity index (χ2v) is 7.70. The Balaban J connectivity index is 1.90. The number of hydrogen-bond donors (Lipinski definition) is 2. The van der Waals surface area contributed by atoms with Gasteiger partial charge in [0, 0.05) is 6.42 Å². The zero-order valence-corrected chi connectivity index (χ0v) is 12.5. The zero-order chi connectivity index (χ0) is 15.5. The normalized spacial score (nSPS) is 16.0. The second kappa shape index (κ2) is 6.43. The average molecular weight is 314 g/mol. The third kappa shape index (κ3) is 4.17. The van der Waals surface area contributed by atoms with Crippen LogP contribution in [0.1, 0.15) is 32.1 Å². The SMILES string of the molecule is Nc1cc(F)ccc1NC(=O)CCS(=O)(=O)C1CCCC1. The summed E-state index contributed by atoms with van der Waals surface area (Å²) in [4.78, 5) is 11.8. The van der Waals surface area contributed by atoms with Gasteiger partial charge in [-0.05, 0) is 31.0 Å². The van der Waals surface area contributed by atoms with Gasteiger partial charge >= 0.3 is 0 Å². The van der Waals surface area contributed by atoms with E-state index >= 15 is 0 Å². The van der Waals surface area contributed by atoms with E-state index in [0.29, 0.717) is 18.5 Å². The molecule has 0 bridgehead atoms. The van der Waals surface area contributed by atoms with E-state index in [1.165, 1.54) is 12.1 Å². The summed E-state index contributed by atoms with van der Waals surface area (Å²) >= 11 is 0. The summed E-state index contributed by atoms with van der Waals surface area (Å²) in [5, 5.41) is 2.20. The minimum atomic E-state index is -3.22. The highest BCUT2D eigenvalue weighted by atomic mass is 32.2. The summed E-state index contributed by atoms with van der Waals surface area (Å²) in [6.45, 7) is 0. The van der Waals surface area contributed by atoms with Crippen LogP contribution in [-0.2, 0) is 14.6 Å². The maximum atomic E-state index is 12.9. The van der Waals surface area contributed by atoms with Crippen molar-refractivity contribution in [2.24, 2.45) is 0 Å². The average Bonchev–Trinajstić information content (AvgIpc) is 2.95. The monoisotopic (exact) mass is 314 g/mol. The highest BCUT2D eigenvalue weighted by Crippen LogP contribution is 2.25. The number of benzene rings is 1. The molecule has 0 aliphatic heterocycles. The van der Waals surface area contributed by atoms with Crippen LogP contribution in [-0.4, -0.2) is 25.3 Å². The molecule has 1 amide bonds. The summed E-state index contributed by atoms with van der Waals surface area (Å²) in [7, 11) is -3.22. The fourth-order valence-electron chi connectivity index (χ4n) is 2.51. The van der Waals surface area contributed by atoms with Gasteiger partial charge in [-0.1, -0.05) is 12.8 Å². The Bertz CT molecular complexity index is 625. The molecule has 21 heavy (non-hydrogen) atoms. The smallest absolute Gasteiger partial charge is 0.225 e. The molecule has 2 rings (SSSR count). The van der Waals surface area contributed by atoms with E-state index < -0.39 is 21.6 Å². The van der Waals surface area contributed by atoms with E-state index in [4.69, 9.17) is 5.73 Å². The summed E-state index contributed by atoms with van der Waals surface area (Å²) in [5.41, 5.74) is 5.98. The van der Waals surface area contributed by atoms with Crippen molar-refractivity contribution in [2.45, 2.75) is 37.4 Å². The third-order valence-corrected chi connectivity index (χ3v) is 5.97. The first-order valence-electron chi connectivity index (χ1n) is 6.95. The Labute approximate surface area is 123 Å². The van der Waals surface area contributed by atoms with Crippen molar-refractivity contribution in [3.05, 3.63) is 24.0 Å². The van der Waals surface area contributed by atoms with Crippen LogP contribution in [0.4, 0.5) is 15.8 Å². The van der Waals surface area contributed by atoms with Crippen LogP contribution in [0.15, 0.2) is 18.2 Å². The molecule has 0 unspecified atom stereocenters. The van der Waals surface area contributed by atoms with Crippen LogP contribution in [0.5, 0.6) is 0 Å². The predicted octanol–water partition coefficient (Wildman–Crippen LogP) is 2.09. The van der Waals surface area contributed by atoms with Crippen molar-refractivity contribution in [1.82, 2.24) is 0 Å². The number of nitrogen functional groups attached to an aromatic ring is 1. The van der Waals surface area contributed by atoms with Gasteiger partial charge in [0.1, 0.15) is 5.82 Å². The van der Waals surface area contributed by atoms with Crippen molar-refractivity contribution >= 4 is 27.1 Å². The third-order valence-electron chi connectivity index (χ3n) is 3.71. The first-order valence-corrected chi connectivity index (χ1v) is 8.66. The molecule has 0 aromatic heterocycles. The number of halogens is 1. The van der Waals surface area contributed by atoms with Gasteiger partial charge < -0.3 is 11.1 Å². The Morgan fingerprint density at radius 2 is 2.00 bits per heavy atom. The maximum absolute atomic E-state index is 12.9. The van der Waals surface area contributed by atoms with E-state index in [2.05, 4.69) is 5.32 Å². The second-order valence-electron chi connectivity index (χ2n) is 5.30. The molecule has 0 heterocycles. The van der Waals surface area contributed by atoms with Crippen LogP contribution in [0, 0.1) is 5.82 Å². The summed E-state index contributed by atoms with van der Waals surface area (Å²) < 4.78 is 37.0. The lowest BCUT2D eigenvalue weighted by Crippen LogP contribution is -2.24.